The topological polar surface area (TPSA) is 55.5 Å². The van der Waals surface area contributed by atoms with Gasteiger partial charge in [0.2, 0.25) is 0 Å². The zero-order valence-electron chi connectivity index (χ0n) is 6.96. The van der Waals surface area contributed by atoms with Gasteiger partial charge in [-0.15, -0.1) is 0 Å². The summed E-state index contributed by atoms with van der Waals surface area (Å²) < 4.78 is 18.3. The van der Waals surface area contributed by atoms with Gasteiger partial charge in [0.25, 0.3) is 0 Å². The first-order valence-electron chi connectivity index (χ1n) is 4.06. The average molecular weight is 183 g/mol. The Labute approximate surface area is 74.9 Å². The first-order chi connectivity index (χ1) is 6.24. The maximum absolute atomic E-state index is 13.2. The van der Waals surface area contributed by atoms with Crippen LogP contribution in [0, 0.1) is 5.82 Å². The van der Waals surface area contributed by atoms with E-state index in [1.165, 1.54) is 12.1 Å². The summed E-state index contributed by atoms with van der Waals surface area (Å²) in [5.74, 6) is 0.153. The molecule has 1 aliphatic heterocycles. The number of fused-ring (bicyclic) bond motifs is 1. The predicted molar refractivity (Wildman–Crippen MR) is 44.7 cm³/mol. The van der Waals surface area contributed by atoms with Crippen LogP contribution >= 0.6 is 0 Å². The molecule has 0 radical (unpaired) electrons. The van der Waals surface area contributed by atoms with Crippen LogP contribution in [0.2, 0.25) is 0 Å². The van der Waals surface area contributed by atoms with Crippen molar-refractivity contribution in [1.29, 1.82) is 0 Å². The molecule has 0 fully saturated rings. The minimum atomic E-state index is -0.746. The quantitative estimate of drug-likeness (QED) is 0.674. The monoisotopic (exact) mass is 183 g/mol. The van der Waals surface area contributed by atoms with Crippen molar-refractivity contribution >= 4 is 0 Å². The number of benzene rings is 1. The van der Waals surface area contributed by atoms with Crippen molar-refractivity contribution in [2.75, 3.05) is 6.61 Å². The van der Waals surface area contributed by atoms with E-state index in [9.17, 15) is 9.50 Å². The molecule has 4 heteroatoms. The van der Waals surface area contributed by atoms with Gasteiger partial charge >= 0.3 is 0 Å². The Hall–Kier alpha value is -1.13. The maximum Gasteiger partial charge on any atom is 0.128 e. The average Bonchev–Trinajstić information content (AvgIpc) is 2.49. The second kappa shape index (κ2) is 2.97. The van der Waals surface area contributed by atoms with Crippen molar-refractivity contribution < 1.29 is 14.2 Å². The standard InChI is InChI=1S/C9H10FNO2/c10-6-1-2-8-9(5(6)3-11)7(12)4-13-8/h1-2,7,12H,3-4,11H2/t7-/m1/s1. The minimum Gasteiger partial charge on any atom is -0.490 e. The van der Waals surface area contributed by atoms with Crippen molar-refractivity contribution in [3.63, 3.8) is 0 Å². The summed E-state index contributed by atoms with van der Waals surface area (Å²) in [6.07, 6.45) is -0.746. The summed E-state index contributed by atoms with van der Waals surface area (Å²) in [6, 6.07) is 2.82. The summed E-state index contributed by atoms with van der Waals surface area (Å²) in [5, 5.41) is 9.47. The van der Waals surface area contributed by atoms with Gasteiger partial charge in [0.15, 0.2) is 0 Å². The molecular weight excluding hydrogens is 173 g/mol. The maximum atomic E-state index is 13.2. The molecule has 13 heavy (non-hydrogen) atoms. The van der Waals surface area contributed by atoms with Crippen LogP contribution < -0.4 is 10.5 Å². The predicted octanol–water partition coefficient (Wildman–Crippen LogP) is 0.710. The van der Waals surface area contributed by atoms with Crippen LogP contribution in [0.4, 0.5) is 4.39 Å². The van der Waals surface area contributed by atoms with Gasteiger partial charge in [-0.1, -0.05) is 0 Å². The van der Waals surface area contributed by atoms with Crippen molar-refractivity contribution in [2.24, 2.45) is 5.73 Å². The van der Waals surface area contributed by atoms with Gasteiger partial charge in [0.05, 0.1) is 0 Å². The first kappa shape index (κ1) is 8.47. The smallest absolute Gasteiger partial charge is 0.128 e. The summed E-state index contributed by atoms with van der Waals surface area (Å²) in [5.41, 5.74) is 6.23. The van der Waals surface area contributed by atoms with Crippen molar-refractivity contribution in [2.45, 2.75) is 12.6 Å². The molecule has 1 heterocycles. The zero-order chi connectivity index (χ0) is 9.42. The van der Waals surface area contributed by atoms with Crippen LogP contribution in [-0.2, 0) is 6.54 Å². The third kappa shape index (κ3) is 1.18. The zero-order valence-corrected chi connectivity index (χ0v) is 6.96. The van der Waals surface area contributed by atoms with Crippen LogP contribution in [0.15, 0.2) is 12.1 Å². The molecular formula is C9H10FNO2. The summed E-state index contributed by atoms with van der Waals surface area (Å²) in [4.78, 5) is 0. The Morgan fingerprint density at radius 3 is 3.08 bits per heavy atom. The van der Waals surface area contributed by atoms with Gasteiger partial charge in [-0.05, 0) is 12.1 Å². The molecule has 0 spiro atoms. The number of halogens is 1. The summed E-state index contributed by atoms with van der Waals surface area (Å²) in [7, 11) is 0. The van der Waals surface area contributed by atoms with E-state index in [0.29, 0.717) is 16.9 Å². The first-order valence-corrected chi connectivity index (χ1v) is 4.06. The van der Waals surface area contributed by atoms with Crippen LogP contribution in [0.1, 0.15) is 17.2 Å². The van der Waals surface area contributed by atoms with Crippen molar-refractivity contribution in [3.8, 4) is 5.75 Å². The number of hydrogen-bond acceptors (Lipinski definition) is 3. The third-order valence-corrected chi connectivity index (χ3v) is 2.19. The van der Waals surface area contributed by atoms with E-state index >= 15 is 0 Å². The van der Waals surface area contributed by atoms with E-state index in [4.69, 9.17) is 10.5 Å². The van der Waals surface area contributed by atoms with E-state index in [0.717, 1.165) is 0 Å². The Bertz CT molecular complexity index is 341. The lowest BCUT2D eigenvalue weighted by molar-refractivity contribution is 0.140. The molecule has 3 nitrogen and oxygen atoms in total. The lowest BCUT2D eigenvalue weighted by Gasteiger charge is -2.07. The van der Waals surface area contributed by atoms with Gasteiger partial charge in [-0.3, -0.25) is 0 Å². The Morgan fingerprint density at radius 1 is 1.62 bits per heavy atom. The van der Waals surface area contributed by atoms with Crippen molar-refractivity contribution in [1.82, 2.24) is 0 Å². The third-order valence-electron chi connectivity index (χ3n) is 2.19. The molecule has 0 saturated carbocycles. The van der Waals surface area contributed by atoms with Crippen LogP contribution in [-0.4, -0.2) is 11.7 Å². The highest BCUT2D eigenvalue weighted by molar-refractivity contribution is 5.45. The van der Waals surface area contributed by atoms with Crippen LogP contribution in [0.5, 0.6) is 5.75 Å². The molecule has 1 atom stereocenters. The molecule has 0 saturated heterocycles. The van der Waals surface area contributed by atoms with Crippen LogP contribution in [0.25, 0.3) is 0 Å². The highest BCUT2D eigenvalue weighted by atomic mass is 19.1. The Morgan fingerprint density at radius 2 is 2.38 bits per heavy atom. The Kier molecular flexibility index (Phi) is 1.94. The van der Waals surface area contributed by atoms with E-state index in [-0.39, 0.29) is 19.0 Å². The van der Waals surface area contributed by atoms with Crippen LogP contribution in [0.3, 0.4) is 0 Å². The summed E-state index contributed by atoms with van der Waals surface area (Å²) >= 11 is 0. The molecule has 0 unspecified atom stereocenters. The molecule has 70 valence electrons. The number of nitrogens with two attached hydrogens (primary N) is 1. The number of aliphatic hydroxyl groups is 1. The van der Waals surface area contributed by atoms with E-state index < -0.39 is 6.10 Å². The Balaban J connectivity index is 2.60. The highest BCUT2D eigenvalue weighted by Crippen LogP contribution is 2.35. The van der Waals surface area contributed by atoms with Gasteiger partial charge in [0.1, 0.15) is 24.3 Å². The molecule has 0 aromatic heterocycles. The fraction of sp³-hybridized carbons (Fsp3) is 0.333. The lowest BCUT2D eigenvalue weighted by Crippen LogP contribution is -2.06. The lowest BCUT2D eigenvalue weighted by atomic mass is 10.0. The summed E-state index contributed by atoms with van der Waals surface area (Å²) in [6.45, 7) is 0.265. The number of rotatable bonds is 1. The highest BCUT2D eigenvalue weighted by Gasteiger charge is 2.26. The number of aliphatic hydroxyl groups excluding tert-OH is 1. The second-order valence-electron chi connectivity index (χ2n) is 2.97. The largest absolute Gasteiger partial charge is 0.490 e. The van der Waals surface area contributed by atoms with E-state index in [1.54, 1.807) is 0 Å². The molecule has 1 aromatic rings. The number of hydrogen-bond donors (Lipinski definition) is 2. The number of ether oxygens (including phenoxy) is 1. The molecule has 3 N–H and O–H groups in total. The van der Waals surface area contributed by atoms with Gasteiger partial charge in [-0.25, -0.2) is 4.39 Å². The molecule has 0 aliphatic carbocycles. The van der Waals surface area contributed by atoms with Crippen molar-refractivity contribution in [3.05, 3.63) is 29.1 Å². The van der Waals surface area contributed by atoms with E-state index in [2.05, 4.69) is 0 Å². The molecule has 2 rings (SSSR count). The molecule has 0 bridgehead atoms. The fourth-order valence-corrected chi connectivity index (χ4v) is 1.57. The van der Waals surface area contributed by atoms with Gasteiger partial charge in [-0.2, -0.15) is 0 Å². The van der Waals surface area contributed by atoms with Gasteiger partial charge < -0.3 is 15.6 Å². The fourth-order valence-electron chi connectivity index (χ4n) is 1.57. The molecule has 1 aliphatic rings. The SMILES string of the molecule is NCc1c(F)ccc2c1[C@H](O)CO2. The minimum absolute atomic E-state index is 0.0788. The second-order valence-corrected chi connectivity index (χ2v) is 2.97. The normalized spacial score (nSPS) is 19.8. The van der Waals surface area contributed by atoms with E-state index in [1.807, 2.05) is 0 Å². The molecule has 1 aromatic carbocycles. The van der Waals surface area contributed by atoms with Gasteiger partial charge in [0, 0.05) is 17.7 Å². The molecule has 0 amide bonds.